The highest BCUT2D eigenvalue weighted by atomic mass is 19.1. The van der Waals surface area contributed by atoms with Gasteiger partial charge in [-0.2, -0.15) is 10.2 Å². The zero-order valence-electron chi connectivity index (χ0n) is 6.12. The first kappa shape index (κ1) is 7.09. The fourth-order valence-corrected chi connectivity index (χ4v) is 1.08. The largest absolute Gasteiger partial charge is 0.292 e. The second kappa shape index (κ2) is 2.48. The van der Waals surface area contributed by atoms with Gasteiger partial charge in [0.1, 0.15) is 12.4 Å². The number of azo groups is 1. The highest BCUT2D eigenvalue weighted by Gasteiger charge is 2.15. The van der Waals surface area contributed by atoms with Crippen molar-refractivity contribution in [2.75, 3.05) is 6.54 Å². The Balaban J connectivity index is 2.62. The van der Waals surface area contributed by atoms with Crippen LogP contribution in [0.5, 0.6) is 0 Å². The van der Waals surface area contributed by atoms with Gasteiger partial charge >= 0.3 is 0 Å². The fraction of sp³-hybridized carbons (Fsp3) is 0.125. The Bertz CT molecular complexity index is 373. The molecular weight excluding hydrogens is 159 g/mol. The maximum atomic E-state index is 12.6. The van der Waals surface area contributed by atoms with Crippen LogP contribution in [0.4, 0.5) is 10.1 Å². The molecule has 0 unspecified atom stereocenters. The van der Waals surface area contributed by atoms with Crippen molar-refractivity contribution < 1.29 is 9.18 Å². The molecule has 1 aliphatic heterocycles. The standard InChI is InChI=1S/C8H5FN2O/c9-5-1-2-6-7(3-5)11-10-4-8(6)12/h1-3H,4H2. The van der Waals surface area contributed by atoms with E-state index < -0.39 is 5.82 Å². The molecule has 0 radical (unpaired) electrons. The van der Waals surface area contributed by atoms with Gasteiger partial charge in [0.2, 0.25) is 0 Å². The van der Waals surface area contributed by atoms with E-state index in [1.165, 1.54) is 18.2 Å². The lowest BCUT2D eigenvalue weighted by molar-refractivity contribution is 0.0998. The lowest BCUT2D eigenvalue weighted by atomic mass is 10.1. The van der Waals surface area contributed by atoms with Gasteiger partial charge < -0.3 is 0 Å². The molecule has 0 fully saturated rings. The minimum atomic E-state index is -0.401. The van der Waals surface area contributed by atoms with Crippen LogP contribution in [0.1, 0.15) is 10.4 Å². The van der Waals surface area contributed by atoms with Gasteiger partial charge in [-0.3, -0.25) is 4.79 Å². The quantitative estimate of drug-likeness (QED) is 0.578. The molecule has 1 aromatic rings. The van der Waals surface area contributed by atoms with E-state index in [1.807, 2.05) is 0 Å². The first-order valence-electron chi connectivity index (χ1n) is 3.47. The topological polar surface area (TPSA) is 41.8 Å². The highest BCUT2D eigenvalue weighted by Crippen LogP contribution is 2.24. The zero-order chi connectivity index (χ0) is 8.55. The average molecular weight is 164 g/mol. The van der Waals surface area contributed by atoms with Crippen LogP contribution in [0.2, 0.25) is 0 Å². The lowest BCUT2D eigenvalue weighted by Crippen LogP contribution is -2.06. The number of hydrogen-bond acceptors (Lipinski definition) is 3. The fourth-order valence-electron chi connectivity index (χ4n) is 1.08. The van der Waals surface area contributed by atoms with Gasteiger partial charge in [-0.05, 0) is 12.1 Å². The number of ketones is 1. The third kappa shape index (κ3) is 1.01. The average Bonchev–Trinajstić information content (AvgIpc) is 2.04. The molecule has 12 heavy (non-hydrogen) atoms. The molecule has 1 aromatic carbocycles. The van der Waals surface area contributed by atoms with Gasteiger partial charge in [-0.15, -0.1) is 0 Å². The lowest BCUT2D eigenvalue weighted by Gasteiger charge is -2.05. The summed E-state index contributed by atoms with van der Waals surface area (Å²) >= 11 is 0. The Morgan fingerprint density at radius 1 is 1.42 bits per heavy atom. The molecule has 1 aliphatic rings. The van der Waals surface area contributed by atoms with Crippen molar-refractivity contribution in [3.63, 3.8) is 0 Å². The minimum absolute atomic E-state index is 0.0681. The van der Waals surface area contributed by atoms with Crippen LogP contribution in [0, 0.1) is 5.82 Å². The van der Waals surface area contributed by atoms with Crippen molar-refractivity contribution >= 4 is 11.5 Å². The van der Waals surface area contributed by atoms with Crippen molar-refractivity contribution in [2.45, 2.75) is 0 Å². The van der Waals surface area contributed by atoms with E-state index in [2.05, 4.69) is 10.2 Å². The van der Waals surface area contributed by atoms with Crippen molar-refractivity contribution in [3.8, 4) is 0 Å². The minimum Gasteiger partial charge on any atom is -0.292 e. The van der Waals surface area contributed by atoms with Crippen LogP contribution in [0.15, 0.2) is 28.4 Å². The number of halogens is 1. The monoisotopic (exact) mass is 164 g/mol. The summed E-state index contributed by atoms with van der Waals surface area (Å²) in [6.45, 7) is 0.0681. The number of carbonyl (C=O) groups excluding carboxylic acids is 1. The summed E-state index contributed by atoms with van der Waals surface area (Å²) < 4.78 is 12.6. The Labute approximate surface area is 67.9 Å². The molecule has 0 aliphatic carbocycles. The van der Waals surface area contributed by atoms with E-state index in [1.54, 1.807) is 0 Å². The smallest absolute Gasteiger partial charge is 0.188 e. The first-order valence-corrected chi connectivity index (χ1v) is 3.47. The van der Waals surface area contributed by atoms with Gasteiger partial charge in [-0.1, -0.05) is 0 Å². The van der Waals surface area contributed by atoms with Crippen LogP contribution in [-0.4, -0.2) is 12.3 Å². The van der Waals surface area contributed by atoms with E-state index in [9.17, 15) is 9.18 Å². The summed E-state index contributed by atoms with van der Waals surface area (Å²) in [5.41, 5.74) is 0.776. The predicted octanol–water partition coefficient (Wildman–Crippen LogP) is 2.11. The van der Waals surface area contributed by atoms with Crippen LogP contribution in [0.3, 0.4) is 0 Å². The summed E-state index contributed by atoms with van der Waals surface area (Å²) in [6.07, 6.45) is 0. The number of Topliss-reactive ketones (excluding diaryl/α,β-unsaturated/α-hetero) is 1. The van der Waals surface area contributed by atoms with Gasteiger partial charge in [0.05, 0.1) is 5.69 Å². The normalized spacial score (nSPS) is 14.6. The van der Waals surface area contributed by atoms with Crippen molar-refractivity contribution in [2.24, 2.45) is 10.2 Å². The maximum absolute atomic E-state index is 12.6. The van der Waals surface area contributed by atoms with Gasteiger partial charge in [-0.25, -0.2) is 4.39 Å². The summed E-state index contributed by atoms with van der Waals surface area (Å²) in [5.74, 6) is -0.512. The number of rotatable bonds is 0. The molecular formula is C8H5FN2O. The van der Waals surface area contributed by atoms with Gasteiger partial charge in [0.25, 0.3) is 0 Å². The first-order chi connectivity index (χ1) is 5.77. The Hall–Kier alpha value is -1.58. The molecule has 0 aromatic heterocycles. The Morgan fingerprint density at radius 2 is 2.25 bits per heavy atom. The molecule has 4 heteroatoms. The van der Waals surface area contributed by atoms with E-state index in [0.717, 1.165) is 0 Å². The number of hydrogen-bond donors (Lipinski definition) is 0. The van der Waals surface area contributed by atoms with Crippen molar-refractivity contribution in [3.05, 3.63) is 29.6 Å². The van der Waals surface area contributed by atoms with Crippen LogP contribution in [-0.2, 0) is 0 Å². The third-order valence-corrected chi connectivity index (χ3v) is 1.65. The second-order valence-corrected chi connectivity index (χ2v) is 2.48. The molecule has 0 atom stereocenters. The summed E-state index contributed by atoms with van der Waals surface area (Å²) in [4.78, 5) is 11.1. The third-order valence-electron chi connectivity index (χ3n) is 1.65. The maximum Gasteiger partial charge on any atom is 0.188 e. The Morgan fingerprint density at radius 3 is 3.08 bits per heavy atom. The van der Waals surface area contributed by atoms with Crippen molar-refractivity contribution in [1.82, 2.24) is 0 Å². The summed E-state index contributed by atoms with van der Waals surface area (Å²) in [5, 5.41) is 7.22. The van der Waals surface area contributed by atoms with Crippen LogP contribution in [0.25, 0.3) is 0 Å². The molecule has 3 nitrogen and oxygen atoms in total. The van der Waals surface area contributed by atoms with Crippen molar-refractivity contribution in [1.29, 1.82) is 0 Å². The molecule has 2 rings (SSSR count). The number of carbonyl (C=O) groups is 1. The highest BCUT2D eigenvalue weighted by molar-refractivity contribution is 6.02. The van der Waals surface area contributed by atoms with Gasteiger partial charge in [0, 0.05) is 11.6 Å². The summed E-state index contributed by atoms with van der Waals surface area (Å²) in [6, 6.07) is 3.89. The van der Waals surface area contributed by atoms with Crippen LogP contribution < -0.4 is 0 Å². The zero-order valence-corrected chi connectivity index (χ0v) is 6.12. The molecule has 0 spiro atoms. The molecule has 60 valence electrons. The van der Waals surface area contributed by atoms with Crippen LogP contribution >= 0.6 is 0 Å². The van der Waals surface area contributed by atoms with E-state index in [4.69, 9.17) is 0 Å². The number of benzene rings is 1. The molecule has 0 N–H and O–H groups in total. The molecule has 0 saturated heterocycles. The van der Waals surface area contributed by atoms with E-state index in [-0.39, 0.29) is 12.3 Å². The van der Waals surface area contributed by atoms with Gasteiger partial charge in [0.15, 0.2) is 5.78 Å². The van der Waals surface area contributed by atoms with E-state index >= 15 is 0 Å². The number of nitrogens with zero attached hydrogens (tertiary/aromatic N) is 2. The molecule has 0 amide bonds. The molecule has 1 heterocycles. The Kier molecular flexibility index (Phi) is 1.46. The number of fused-ring (bicyclic) bond motifs is 1. The predicted molar refractivity (Wildman–Crippen MR) is 40.1 cm³/mol. The molecule has 0 bridgehead atoms. The SMILES string of the molecule is O=C1CN=Nc2cc(F)ccc21. The molecule has 0 saturated carbocycles. The second-order valence-electron chi connectivity index (χ2n) is 2.48. The summed E-state index contributed by atoms with van der Waals surface area (Å²) in [7, 11) is 0. The van der Waals surface area contributed by atoms with E-state index in [0.29, 0.717) is 11.3 Å².